The van der Waals surface area contributed by atoms with Gasteiger partial charge in [0, 0.05) is 13.1 Å². The SMILES string of the molecule is O=C(O)[C@H](c1cccc(C(F)(F)F)c1)N1CCOCC1. The van der Waals surface area contributed by atoms with Crippen LogP contribution in [0.2, 0.25) is 0 Å². The fourth-order valence-electron chi connectivity index (χ4n) is 2.23. The molecule has 0 bridgehead atoms. The van der Waals surface area contributed by atoms with E-state index in [2.05, 4.69) is 0 Å². The molecule has 2 rings (SSSR count). The summed E-state index contributed by atoms with van der Waals surface area (Å²) in [6, 6.07) is 3.38. The van der Waals surface area contributed by atoms with Gasteiger partial charge in [0.2, 0.25) is 0 Å². The highest BCUT2D eigenvalue weighted by Crippen LogP contribution is 2.32. The van der Waals surface area contributed by atoms with E-state index in [0.717, 1.165) is 12.1 Å². The van der Waals surface area contributed by atoms with Crippen molar-refractivity contribution in [2.24, 2.45) is 0 Å². The number of halogens is 3. The van der Waals surface area contributed by atoms with E-state index >= 15 is 0 Å². The third kappa shape index (κ3) is 3.29. The first-order valence-corrected chi connectivity index (χ1v) is 6.11. The van der Waals surface area contributed by atoms with Crippen LogP contribution >= 0.6 is 0 Å². The first-order valence-electron chi connectivity index (χ1n) is 6.11. The zero-order valence-corrected chi connectivity index (χ0v) is 10.6. The molecular weight excluding hydrogens is 275 g/mol. The predicted octanol–water partition coefficient (Wildman–Crippen LogP) is 2.16. The molecule has 1 saturated heterocycles. The van der Waals surface area contributed by atoms with Crippen molar-refractivity contribution in [3.05, 3.63) is 35.4 Å². The first-order chi connectivity index (χ1) is 9.39. The number of alkyl halides is 3. The zero-order valence-electron chi connectivity index (χ0n) is 10.6. The second kappa shape index (κ2) is 5.80. The minimum atomic E-state index is -4.48. The second-order valence-corrected chi connectivity index (χ2v) is 4.51. The Morgan fingerprint density at radius 2 is 1.95 bits per heavy atom. The Hall–Kier alpha value is -1.60. The molecule has 0 spiro atoms. The standard InChI is InChI=1S/C13H14F3NO3/c14-13(15,16)10-3-1-2-9(8-10)11(12(18)19)17-4-6-20-7-5-17/h1-3,8,11H,4-7H2,(H,18,19)/t11-/m0/s1. The maximum Gasteiger partial charge on any atom is 0.416 e. The molecule has 1 aromatic carbocycles. The zero-order chi connectivity index (χ0) is 14.8. The van der Waals surface area contributed by atoms with E-state index in [-0.39, 0.29) is 5.56 Å². The van der Waals surface area contributed by atoms with E-state index < -0.39 is 23.8 Å². The van der Waals surface area contributed by atoms with Crippen LogP contribution < -0.4 is 0 Å². The number of morpholine rings is 1. The van der Waals surface area contributed by atoms with Crippen molar-refractivity contribution < 1.29 is 27.8 Å². The Balaban J connectivity index is 2.32. The highest BCUT2D eigenvalue weighted by molar-refractivity contribution is 5.75. The molecule has 1 atom stereocenters. The van der Waals surface area contributed by atoms with Crippen molar-refractivity contribution in [3.8, 4) is 0 Å². The van der Waals surface area contributed by atoms with Crippen LogP contribution in [0.3, 0.4) is 0 Å². The summed E-state index contributed by atoms with van der Waals surface area (Å²) in [6.07, 6.45) is -4.48. The van der Waals surface area contributed by atoms with Gasteiger partial charge >= 0.3 is 12.1 Å². The lowest BCUT2D eigenvalue weighted by atomic mass is 10.0. The van der Waals surface area contributed by atoms with Gasteiger partial charge in [-0.2, -0.15) is 13.2 Å². The summed E-state index contributed by atoms with van der Waals surface area (Å²) in [6.45, 7) is 1.52. The number of carbonyl (C=O) groups is 1. The fourth-order valence-corrected chi connectivity index (χ4v) is 2.23. The van der Waals surface area contributed by atoms with Crippen LogP contribution in [-0.4, -0.2) is 42.3 Å². The van der Waals surface area contributed by atoms with Gasteiger partial charge in [0.05, 0.1) is 18.8 Å². The number of benzene rings is 1. The molecule has 0 radical (unpaired) electrons. The van der Waals surface area contributed by atoms with Crippen molar-refractivity contribution >= 4 is 5.97 Å². The maximum absolute atomic E-state index is 12.7. The number of rotatable bonds is 3. The summed E-state index contributed by atoms with van der Waals surface area (Å²) < 4.78 is 43.2. The van der Waals surface area contributed by atoms with Gasteiger partial charge in [-0.1, -0.05) is 12.1 Å². The van der Waals surface area contributed by atoms with Crippen LogP contribution in [0.4, 0.5) is 13.2 Å². The largest absolute Gasteiger partial charge is 0.480 e. The molecule has 0 aromatic heterocycles. The minimum absolute atomic E-state index is 0.134. The van der Waals surface area contributed by atoms with Gasteiger partial charge in [-0.15, -0.1) is 0 Å². The lowest BCUT2D eigenvalue weighted by Gasteiger charge is -2.32. The molecule has 1 fully saturated rings. The van der Waals surface area contributed by atoms with Crippen LogP contribution in [0.25, 0.3) is 0 Å². The Morgan fingerprint density at radius 3 is 2.50 bits per heavy atom. The molecule has 20 heavy (non-hydrogen) atoms. The number of aliphatic carboxylic acids is 1. The van der Waals surface area contributed by atoms with Gasteiger partial charge in [0.1, 0.15) is 6.04 Å². The highest BCUT2D eigenvalue weighted by atomic mass is 19.4. The first kappa shape index (κ1) is 14.8. The molecule has 0 unspecified atom stereocenters. The van der Waals surface area contributed by atoms with Crippen molar-refractivity contribution in [2.45, 2.75) is 12.2 Å². The third-order valence-electron chi connectivity index (χ3n) is 3.17. The van der Waals surface area contributed by atoms with E-state index in [1.807, 2.05) is 0 Å². The van der Waals surface area contributed by atoms with Gasteiger partial charge in [0.25, 0.3) is 0 Å². The van der Waals surface area contributed by atoms with Gasteiger partial charge < -0.3 is 9.84 Å². The molecular formula is C13H14F3NO3. The normalized spacial score (nSPS) is 18.8. The van der Waals surface area contributed by atoms with E-state index in [1.165, 1.54) is 12.1 Å². The smallest absolute Gasteiger partial charge is 0.416 e. The topological polar surface area (TPSA) is 49.8 Å². The minimum Gasteiger partial charge on any atom is -0.480 e. The van der Waals surface area contributed by atoms with Gasteiger partial charge in [0.15, 0.2) is 0 Å². The molecule has 0 amide bonds. The fraction of sp³-hybridized carbons (Fsp3) is 0.462. The number of hydrogen-bond donors (Lipinski definition) is 1. The van der Waals surface area contributed by atoms with Gasteiger partial charge in [-0.05, 0) is 17.7 Å². The Labute approximate surface area is 113 Å². The Bertz CT molecular complexity index is 484. The van der Waals surface area contributed by atoms with Gasteiger partial charge in [-0.3, -0.25) is 9.69 Å². The van der Waals surface area contributed by atoms with Crippen molar-refractivity contribution in [1.29, 1.82) is 0 Å². The van der Waals surface area contributed by atoms with Crippen molar-refractivity contribution in [1.82, 2.24) is 4.90 Å². The van der Waals surface area contributed by atoms with Crippen LogP contribution in [0, 0.1) is 0 Å². The maximum atomic E-state index is 12.7. The van der Waals surface area contributed by atoms with E-state index in [4.69, 9.17) is 4.74 Å². The molecule has 0 saturated carbocycles. The predicted molar refractivity (Wildman–Crippen MR) is 64.2 cm³/mol. The second-order valence-electron chi connectivity index (χ2n) is 4.51. The third-order valence-corrected chi connectivity index (χ3v) is 3.17. The summed E-state index contributed by atoms with van der Waals surface area (Å²) >= 11 is 0. The molecule has 110 valence electrons. The molecule has 1 aliphatic rings. The van der Waals surface area contributed by atoms with E-state index in [0.29, 0.717) is 26.3 Å². The molecule has 4 nitrogen and oxygen atoms in total. The lowest BCUT2D eigenvalue weighted by molar-refractivity contribution is -0.146. The Morgan fingerprint density at radius 1 is 1.30 bits per heavy atom. The molecule has 1 aliphatic heterocycles. The number of carboxylic acids is 1. The number of ether oxygens (including phenoxy) is 1. The molecule has 1 aromatic rings. The summed E-state index contributed by atoms with van der Waals surface area (Å²) in [5.74, 6) is -1.16. The summed E-state index contributed by atoms with van der Waals surface area (Å²) in [5.41, 5.74) is -0.705. The van der Waals surface area contributed by atoms with Gasteiger partial charge in [-0.25, -0.2) is 0 Å². The molecule has 1 heterocycles. The molecule has 7 heteroatoms. The van der Waals surface area contributed by atoms with Crippen molar-refractivity contribution in [3.63, 3.8) is 0 Å². The summed E-state index contributed by atoms with van der Waals surface area (Å²) in [5, 5.41) is 9.31. The van der Waals surface area contributed by atoms with Crippen LogP contribution in [0.1, 0.15) is 17.2 Å². The number of nitrogens with zero attached hydrogens (tertiary/aromatic N) is 1. The van der Waals surface area contributed by atoms with Crippen molar-refractivity contribution in [2.75, 3.05) is 26.3 Å². The molecule has 1 N–H and O–H groups in total. The quantitative estimate of drug-likeness (QED) is 0.926. The number of carboxylic acid groups (broad SMARTS) is 1. The number of hydrogen-bond acceptors (Lipinski definition) is 3. The van der Waals surface area contributed by atoms with Crippen LogP contribution in [0.5, 0.6) is 0 Å². The molecule has 0 aliphatic carbocycles. The van der Waals surface area contributed by atoms with E-state index in [9.17, 15) is 23.1 Å². The average Bonchev–Trinajstić information content (AvgIpc) is 2.39. The average molecular weight is 289 g/mol. The summed E-state index contributed by atoms with van der Waals surface area (Å²) in [7, 11) is 0. The lowest BCUT2D eigenvalue weighted by Crippen LogP contribution is -2.42. The Kier molecular flexibility index (Phi) is 4.29. The van der Waals surface area contributed by atoms with Crippen LogP contribution in [-0.2, 0) is 15.7 Å². The highest BCUT2D eigenvalue weighted by Gasteiger charge is 2.33. The summed E-state index contributed by atoms with van der Waals surface area (Å²) in [4.78, 5) is 13.0. The van der Waals surface area contributed by atoms with Crippen LogP contribution in [0.15, 0.2) is 24.3 Å². The monoisotopic (exact) mass is 289 g/mol. The van der Waals surface area contributed by atoms with E-state index in [1.54, 1.807) is 4.90 Å².